The second-order valence-electron chi connectivity index (χ2n) is 5.55. The summed E-state index contributed by atoms with van der Waals surface area (Å²) in [4.78, 5) is 7.64. The molecule has 1 aliphatic heterocycles. The minimum Gasteiger partial charge on any atom is -0.348 e. The summed E-state index contributed by atoms with van der Waals surface area (Å²) in [5.74, 6) is 0. The number of nitrogens with zero attached hydrogens (tertiary/aromatic N) is 2. The van der Waals surface area contributed by atoms with Crippen molar-refractivity contribution in [3.05, 3.63) is 41.4 Å². The Morgan fingerprint density at radius 3 is 2.64 bits per heavy atom. The van der Waals surface area contributed by atoms with E-state index in [4.69, 9.17) is 0 Å². The van der Waals surface area contributed by atoms with E-state index in [1.807, 2.05) is 23.7 Å². The summed E-state index contributed by atoms with van der Waals surface area (Å²) in [7, 11) is -0.895. The normalized spacial score (nSPS) is 17.6. The second-order valence-corrected chi connectivity index (χ2v) is 7.81. The van der Waals surface area contributed by atoms with Crippen LogP contribution in [0.15, 0.2) is 40.7 Å². The highest BCUT2D eigenvalue weighted by Gasteiger charge is 2.20. The lowest BCUT2D eigenvalue weighted by Crippen LogP contribution is -2.42. The van der Waals surface area contributed by atoms with Gasteiger partial charge in [0.05, 0.1) is 0 Å². The summed E-state index contributed by atoms with van der Waals surface area (Å²) >= 11 is 1.71. The van der Waals surface area contributed by atoms with Crippen LogP contribution >= 0.6 is 11.3 Å². The Bertz CT molecular complexity index is 605. The van der Waals surface area contributed by atoms with Gasteiger partial charge in [0.1, 0.15) is 0 Å². The van der Waals surface area contributed by atoms with Gasteiger partial charge in [-0.2, -0.15) is 0 Å². The molecular formula is C16H21N3OS2. The van der Waals surface area contributed by atoms with Crippen LogP contribution in [0.3, 0.4) is 0 Å². The maximum Gasteiger partial charge on any atom is 0.185 e. The molecule has 2 aromatic rings. The predicted octanol–water partition coefficient (Wildman–Crippen LogP) is 2.64. The molecule has 1 aromatic heterocycles. The molecule has 22 heavy (non-hydrogen) atoms. The third-order valence-electron chi connectivity index (χ3n) is 4.03. The van der Waals surface area contributed by atoms with Gasteiger partial charge in [-0.15, -0.1) is 11.3 Å². The van der Waals surface area contributed by atoms with E-state index >= 15 is 0 Å². The number of thiazole rings is 1. The average Bonchev–Trinajstić information content (AvgIpc) is 3.08. The largest absolute Gasteiger partial charge is 0.348 e. The quantitative estimate of drug-likeness (QED) is 0.912. The fraction of sp³-hybridized carbons (Fsp3) is 0.438. The number of hydrogen-bond donors (Lipinski definition) is 1. The molecule has 1 atom stereocenters. The van der Waals surface area contributed by atoms with E-state index in [0.717, 1.165) is 42.5 Å². The first-order valence-electron chi connectivity index (χ1n) is 7.52. The molecule has 3 rings (SSSR count). The van der Waals surface area contributed by atoms with Gasteiger partial charge in [-0.1, -0.05) is 12.1 Å². The van der Waals surface area contributed by atoms with Gasteiger partial charge < -0.3 is 10.2 Å². The predicted molar refractivity (Wildman–Crippen MR) is 93.0 cm³/mol. The summed E-state index contributed by atoms with van der Waals surface area (Å²) in [5.41, 5.74) is 1.25. The zero-order chi connectivity index (χ0) is 15.4. The molecule has 0 saturated carbocycles. The van der Waals surface area contributed by atoms with E-state index in [9.17, 15) is 4.21 Å². The van der Waals surface area contributed by atoms with Crippen molar-refractivity contribution < 1.29 is 4.21 Å². The molecule has 1 saturated heterocycles. The molecule has 0 radical (unpaired) electrons. The van der Waals surface area contributed by atoms with Crippen molar-refractivity contribution in [1.29, 1.82) is 0 Å². The van der Waals surface area contributed by atoms with E-state index < -0.39 is 10.8 Å². The first-order valence-corrected chi connectivity index (χ1v) is 9.96. The lowest BCUT2D eigenvalue weighted by molar-refractivity contribution is 0.414. The fourth-order valence-corrected chi connectivity index (χ4v) is 3.92. The Balaban J connectivity index is 1.46. The van der Waals surface area contributed by atoms with E-state index in [0.29, 0.717) is 6.04 Å². The Hall–Kier alpha value is -1.24. The lowest BCUT2D eigenvalue weighted by atomic mass is 10.1. The summed E-state index contributed by atoms with van der Waals surface area (Å²) in [6, 6.07) is 8.61. The van der Waals surface area contributed by atoms with E-state index in [1.54, 1.807) is 17.6 Å². The highest BCUT2D eigenvalue weighted by Crippen LogP contribution is 2.22. The van der Waals surface area contributed by atoms with Gasteiger partial charge in [0.15, 0.2) is 5.13 Å². The van der Waals surface area contributed by atoms with Crippen molar-refractivity contribution in [3.63, 3.8) is 0 Å². The minimum absolute atomic E-state index is 0.566. The van der Waals surface area contributed by atoms with Crippen LogP contribution in [-0.2, 0) is 17.3 Å². The number of piperidine rings is 1. The standard InChI is InChI=1S/C16H21N3OS2/c1-22(20)15-4-2-13(3-5-15)12-18-14-6-9-19(10-7-14)16-17-8-11-21-16/h2-5,8,11,14,18H,6-7,9-10,12H2,1H3. The number of hydrogen-bond acceptors (Lipinski definition) is 5. The third kappa shape index (κ3) is 3.94. The van der Waals surface area contributed by atoms with Gasteiger partial charge in [0.25, 0.3) is 0 Å². The minimum atomic E-state index is -0.895. The number of rotatable bonds is 5. The van der Waals surface area contributed by atoms with Crippen LogP contribution < -0.4 is 10.2 Å². The Labute approximate surface area is 138 Å². The number of anilines is 1. The molecule has 0 amide bonds. The van der Waals surface area contributed by atoms with Crippen LogP contribution in [0, 0.1) is 0 Å². The molecular weight excluding hydrogens is 314 g/mol. The molecule has 2 heterocycles. The highest BCUT2D eigenvalue weighted by molar-refractivity contribution is 7.84. The van der Waals surface area contributed by atoms with Gasteiger partial charge in [-0.25, -0.2) is 4.98 Å². The summed E-state index contributed by atoms with van der Waals surface area (Å²) in [5, 5.41) is 6.81. The van der Waals surface area contributed by atoms with Crippen LogP contribution in [0.2, 0.25) is 0 Å². The maximum absolute atomic E-state index is 11.4. The monoisotopic (exact) mass is 335 g/mol. The number of benzene rings is 1. The van der Waals surface area contributed by atoms with E-state index in [2.05, 4.69) is 27.3 Å². The Kier molecular flexibility index (Phi) is 5.23. The van der Waals surface area contributed by atoms with E-state index in [1.165, 1.54) is 5.56 Å². The van der Waals surface area contributed by atoms with Crippen molar-refractivity contribution in [2.24, 2.45) is 0 Å². The van der Waals surface area contributed by atoms with Crippen LogP contribution in [0.5, 0.6) is 0 Å². The Morgan fingerprint density at radius 1 is 1.32 bits per heavy atom. The molecule has 1 aliphatic rings. The summed E-state index contributed by atoms with van der Waals surface area (Å²) < 4.78 is 11.4. The molecule has 6 heteroatoms. The third-order valence-corrected chi connectivity index (χ3v) is 5.80. The number of aromatic nitrogens is 1. The van der Waals surface area contributed by atoms with Crippen LogP contribution in [-0.4, -0.2) is 34.6 Å². The molecule has 1 N–H and O–H groups in total. The zero-order valence-electron chi connectivity index (χ0n) is 12.7. The molecule has 1 fully saturated rings. The first-order chi connectivity index (χ1) is 10.7. The molecule has 4 nitrogen and oxygen atoms in total. The van der Waals surface area contributed by atoms with Gasteiger partial charge >= 0.3 is 0 Å². The van der Waals surface area contributed by atoms with Crippen molar-refractivity contribution in [2.75, 3.05) is 24.2 Å². The average molecular weight is 335 g/mol. The SMILES string of the molecule is CS(=O)c1ccc(CNC2CCN(c3nccs3)CC2)cc1. The highest BCUT2D eigenvalue weighted by atomic mass is 32.2. The van der Waals surface area contributed by atoms with Crippen molar-refractivity contribution in [3.8, 4) is 0 Å². The molecule has 1 aromatic carbocycles. The van der Waals surface area contributed by atoms with Crippen LogP contribution in [0.25, 0.3) is 0 Å². The summed E-state index contributed by atoms with van der Waals surface area (Å²) in [6.07, 6.45) is 5.88. The molecule has 0 aliphatic carbocycles. The van der Waals surface area contributed by atoms with E-state index in [-0.39, 0.29) is 0 Å². The van der Waals surface area contributed by atoms with Gasteiger partial charge in [-0.3, -0.25) is 4.21 Å². The fourth-order valence-electron chi connectivity index (χ4n) is 2.71. The van der Waals surface area contributed by atoms with Crippen LogP contribution in [0.4, 0.5) is 5.13 Å². The van der Waals surface area contributed by atoms with Crippen molar-refractivity contribution in [1.82, 2.24) is 10.3 Å². The Morgan fingerprint density at radius 2 is 2.05 bits per heavy atom. The lowest BCUT2D eigenvalue weighted by Gasteiger charge is -2.32. The summed E-state index contributed by atoms with van der Waals surface area (Å²) in [6.45, 7) is 3.01. The maximum atomic E-state index is 11.4. The van der Waals surface area contributed by atoms with Crippen LogP contribution in [0.1, 0.15) is 18.4 Å². The van der Waals surface area contributed by atoms with Crippen molar-refractivity contribution >= 4 is 27.3 Å². The van der Waals surface area contributed by atoms with Crippen molar-refractivity contribution in [2.45, 2.75) is 30.3 Å². The van der Waals surface area contributed by atoms with Gasteiger partial charge in [-0.05, 0) is 30.5 Å². The molecule has 0 spiro atoms. The smallest absolute Gasteiger partial charge is 0.185 e. The topological polar surface area (TPSA) is 45.2 Å². The molecule has 118 valence electrons. The molecule has 1 unspecified atom stereocenters. The zero-order valence-corrected chi connectivity index (χ0v) is 14.3. The van der Waals surface area contributed by atoms with Gasteiger partial charge in [0, 0.05) is 59.2 Å². The second kappa shape index (κ2) is 7.35. The number of nitrogens with one attached hydrogen (secondary N) is 1. The van der Waals surface area contributed by atoms with Gasteiger partial charge in [0.2, 0.25) is 0 Å². The molecule has 0 bridgehead atoms. The first kappa shape index (κ1) is 15.6.